The van der Waals surface area contributed by atoms with Gasteiger partial charge in [-0.15, -0.1) is 10.2 Å². The van der Waals surface area contributed by atoms with Gasteiger partial charge in [-0.1, -0.05) is 48.0 Å². The number of benzene rings is 2. The van der Waals surface area contributed by atoms with Gasteiger partial charge in [-0.25, -0.2) is 0 Å². The lowest BCUT2D eigenvalue weighted by molar-refractivity contribution is -0.119. The van der Waals surface area contributed by atoms with Gasteiger partial charge in [-0.3, -0.25) is 29.9 Å². The lowest BCUT2D eigenvalue weighted by Gasteiger charge is -2.26. The van der Waals surface area contributed by atoms with Gasteiger partial charge in [0.2, 0.25) is 5.91 Å². The molecule has 2 aromatic carbocycles. The number of likely N-dealkylation sites (tertiary alicyclic amines) is 1. The summed E-state index contributed by atoms with van der Waals surface area (Å²) in [4.78, 5) is 26.9. The van der Waals surface area contributed by atoms with Gasteiger partial charge in [0.1, 0.15) is 0 Å². The van der Waals surface area contributed by atoms with Crippen molar-refractivity contribution in [1.82, 2.24) is 30.5 Å². The zero-order valence-electron chi connectivity index (χ0n) is 18.0. The average Bonchev–Trinajstić information content (AvgIpc) is 3.25. The van der Waals surface area contributed by atoms with Crippen LogP contribution in [-0.2, 0) is 11.3 Å². The highest BCUT2D eigenvalue weighted by molar-refractivity contribution is 7.99. The van der Waals surface area contributed by atoms with Crippen molar-refractivity contribution in [2.24, 2.45) is 0 Å². The van der Waals surface area contributed by atoms with Crippen molar-refractivity contribution in [1.29, 1.82) is 0 Å². The molecule has 0 bridgehead atoms. The molecule has 1 aliphatic heterocycles. The Morgan fingerprint density at radius 2 is 1.67 bits per heavy atom. The predicted octanol–water partition coefficient (Wildman–Crippen LogP) is 3.46. The Labute approximate surface area is 201 Å². The van der Waals surface area contributed by atoms with Gasteiger partial charge < -0.3 is 0 Å². The maximum absolute atomic E-state index is 12.3. The molecular weight excluding hydrogens is 460 g/mol. The third-order valence-electron chi connectivity index (χ3n) is 5.28. The first kappa shape index (κ1) is 23.3. The molecule has 33 heavy (non-hydrogen) atoms. The summed E-state index contributed by atoms with van der Waals surface area (Å²) in [5, 5.41) is 9.94. The summed E-state index contributed by atoms with van der Waals surface area (Å²) in [6, 6.07) is 16.3. The third kappa shape index (κ3) is 6.34. The standard InChI is InChI=1S/C23H25ClN6O2S/c24-18-11-9-17(10-12-18)22(32)27-26-21(31)16-33-23-28-25-20(15-29-13-5-2-6-14-29)30(23)19-7-3-1-4-8-19/h1,3-4,7-12H,2,5-6,13-16H2,(H,26,31)(H,27,32). The fourth-order valence-electron chi connectivity index (χ4n) is 3.62. The number of thioether (sulfide) groups is 1. The first-order valence-electron chi connectivity index (χ1n) is 10.8. The van der Waals surface area contributed by atoms with Gasteiger partial charge in [0, 0.05) is 16.3 Å². The molecule has 3 aromatic rings. The monoisotopic (exact) mass is 484 g/mol. The van der Waals surface area contributed by atoms with E-state index in [1.807, 2.05) is 34.9 Å². The predicted molar refractivity (Wildman–Crippen MR) is 128 cm³/mol. The number of nitrogens with zero attached hydrogens (tertiary/aromatic N) is 4. The summed E-state index contributed by atoms with van der Waals surface area (Å²) in [7, 11) is 0. The largest absolute Gasteiger partial charge is 0.296 e. The molecular formula is C23H25ClN6O2S. The normalized spacial score (nSPS) is 14.1. The summed E-state index contributed by atoms with van der Waals surface area (Å²) in [6.45, 7) is 2.82. The molecule has 2 amide bonds. The molecule has 0 spiro atoms. The maximum atomic E-state index is 12.3. The van der Waals surface area contributed by atoms with E-state index in [1.165, 1.54) is 31.0 Å². The Morgan fingerprint density at radius 1 is 0.939 bits per heavy atom. The molecule has 1 aliphatic rings. The molecule has 1 fully saturated rings. The molecule has 2 heterocycles. The third-order valence-corrected chi connectivity index (χ3v) is 6.46. The second-order valence-electron chi connectivity index (χ2n) is 7.70. The van der Waals surface area contributed by atoms with Crippen molar-refractivity contribution in [2.45, 2.75) is 31.0 Å². The highest BCUT2D eigenvalue weighted by atomic mass is 35.5. The first-order chi connectivity index (χ1) is 16.1. The number of rotatable bonds is 7. The molecule has 2 N–H and O–H groups in total. The van der Waals surface area contributed by atoms with Crippen LogP contribution in [0.5, 0.6) is 0 Å². The highest BCUT2D eigenvalue weighted by Crippen LogP contribution is 2.23. The van der Waals surface area contributed by atoms with Crippen LogP contribution in [0.25, 0.3) is 5.69 Å². The molecule has 172 valence electrons. The van der Waals surface area contributed by atoms with Crippen molar-refractivity contribution in [3.05, 3.63) is 71.0 Å². The number of aromatic nitrogens is 3. The number of halogens is 1. The Bertz CT molecular complexity index is 1080. The van der Waals surface area contributed by atoms with Gasteiger partial charge in [0.25, 0.3) is 5.91 Å². The highest BCUT2D eigenvalue weighted by Gasteiger charge is 2.19. The topological polar surface area (TPSA) is 92.2 Å². The molecule has 1 aromatic heterocycles. The number of carbonyl (C=O) groups excluding carboxylic acids is 2. The average molecular weight is 485 g/mol. The van der Waals surface area contributed by atoms with Gasteiger partial charge >= 0.3 is 0 Å². The molecule has 0 unspecified atom stereocenters. The Balaban J connectivity index is 1.39. The number of hydrogen-bond donors (Lipinski definition) is 2. The van der Waals surface area contributed by atoms with E-state index in [4.69, 9.17) is 11.6 Å². The molecule has 0 aliphatic carbocycles. The molecule has 0 radical (unpaired) electrons. The second-order valence-corrected chi connectivity index (χ2v) is 9.08. The summed E-state index contributed by atoms with van der Waals surface area (Å²) in [5.41, 5.74) is 6.21. The molecule has 0 saturated carbocycles. The summed E-state index contributed by atoms with van der Waals surface area (Å²) in [5.74, 6) is 0.168. The lowest BCUT2D eigenvalue weighted by atomic mass is 10.1. The zero-order chi connectivity index (χ0) is 23.0. The molecule has 8 nitrogen and oxygen atoms in total. The number of piperidine rings is 1. The molecule has 0 atom stereocenters. The second kappa shape index (κ2) is 11.3. The van der Waals surface area contributed by atoms with Crippen LogP contribution in [0.15, 0.2) is 59.8 Å². The molecule has 10 heteroatoms. The number of carbonyl (C=O) groups is 2. The van der Waals surface area contributed by atoms with Crippen LogP contribution in [0.2, 0.25) is 5.02 Å². The lowest BCUT2D eigenvalue weighted by Crippen LogP contribution is -2.42. The van der Waals surface area contributed by atoms with Gasteiger partial charge in [-0.2, -0.15) is 0 Å². The summed E-state index contributed by atoms with van der Waals surface area (Å²) < 4.78 is 2.00. The minimum atomic E-state index is -0.415. The van der Waals surface area contributed by atoms with Gasteiger partial charge in [-0.05, 0) is 62.3 Å². The maximum Gasteiger partial charge on any atom is 0.269 e. The number of amides is 2. The minimum absolute atomic E-state index is 0.0789. The van der Waals surface area contributed by atoms with Crippen LogP contribution in [0.1, 0.15) is 35.4 Å². The van der Waals surface area contributed by atoms with Crippen molar-refractivity contribution in [3.63, 3.8) is 0 Å². The van der Waals surface area contributed by atoms with E-state index < -0.39 is 5.91 Å². The van der Waals surface area contributed by atoms with E-state index in [0.717, 1.165) is 24.6 Å². The Morgan fingerprint density at radius 3 is 2.39 bits per heavy atom. The molecule has 4 rings (SSSR count). The van der Waals surface area contributed by atoms with E-state index in [0.29, 0.717) is 22.3 Å². The van der Waals surface area contributed by atoms with E-state index >= 15 is 0 Å². The summed E-state index contributed by atoms with van der Waals surface area (Å²) >= 11 is 7.11. The molecule has 1 saturated heterocycles. The van der Waals surface area contributed by atoms with Crippen molar-refractivity contribution in [3.8, 4) is 5.69 Å². The number of para-hydroxylation sites is 1. The number of hydrogen-bond acceptors (Lipinski definition) is 6. The fraction of sp³-hybridized carbons (Fsp3) is 0.304. The summed E-state index contributed by atoms with van der Waals surface area (Å²) in [6.07, 6.45) is 3.67. The van der Waals surface area contributed by atoms with Crippen LogP contribution in [0.3, 0.4) is 0 Å². The number of nitrogens with one attached hydrogen (secondary N) is 2. The Kier molecular flexibility index (Phi) is 7.98. The van der Waals surface area contributed by atoms with Crippen LogP contribution >= 0.6 is 23.4 Å². The van der Waals surface area contributed by atoms with Crippen molar-refractivity contribution < 1.29 is 9.59 Å². The van der Waals surface area contributed by atoms with Crippen LogP contribution in [0, 0.1) is 0 Å². The van der Waals surface area contributed by atoms with Crippen LogP contribution in [0.4, 0.5) is 0 Å². The fourth-order valence-corrected chi connectivity index (χ4v) is 4.51. The van der Waals surface area contributed by atoms with E-state index in [-0.39, 0.29) is 11.7 Å². The van der Waals surface area contributed by atoms with Crippen molar-refractivity contribution in [2.75, 3.05) is 18.8 Å². The first-order valence-corrected chi connectivity index (χ1v) is 12.2. The van der Waals surface area contributed by atoms with Crippen LogP contribution < -0.4 is 10.9 Å². The van der Waals surface area contributed by atoms with Gasteiger partial charge in [0.15, 0.2) is 11.0 Å². The van der Waals surface area contributed by atoms with Crippen LogP contribution in [-0.4, -0.2) is 50.3 Å². The van der Waals surface area contributed by atoms with E-state index in [9.17, 15) is 9.59 Å². The van der Waals surface area contributed by atoms with Gasteiger partial charge in [0.05, 0.1) is 12.3 Å². The van der Waals surface area contributed by atoms with E-state index in [1.54, 1.807) is 24.3 Å². The quantitative estimate of drug-likeness (QED) is 0.394. The SMILES string of the molecule is O=C(CSc1nnc(CN2CCCCC2)n1-c1ccccc1)NNC(=O)c1ccc(Cl)cc1. The van der Waals surface area contributed by atoms with E-state index in [2.05, 4.69) is 25.9 Å². The van der Waals surface area contributed by atoms with Crippen molar-refractivity contribution >= 4 is 35.2 Å². The smallest absolute Gasteiger partial charge is 0.269 e. The zero-order valence-corrected chi connectivity index (χ0v) is 19.6. The Hall–Kier alpha value is -2.88. The number of hydrazine groups is 1. The minimum Gasteiger partial charge on any atom is -0.296 e.